The third kappa shape index (κ3) is 6.59. The third-order valence-electron chi connectivity index (χ3n) is 3.70. The van der Waals surface area contributed by atoms with Crippen LogP contribution in [0.1, 0.15) is 19.0 Å². The molecular formula is C18H28N4O3Si. The zero-order chi connectivity index (χ0) is 19.2. The van der Waals surface area contributed by atoms with Crippen molar-refractivity contribution in [3.63, 3.8) is 0 Å². The number of hydrogen-bond donors (Lipinski definition) is 0. The summed E-state index contributed by atoms with van der Waals surface area (Å²) in [4.78, 5) is 20.3. The highest BCUT2D eigenvalue weighted by Crippen LogP contribution is 2.20. The van der Waals surface area contributed by atoms with E-state index in [1.54, 1.807) is 17.8 Å². The van der Waals surface area contributed by atoms with Gasteiger partial charge in [-0.1, -0.05) is 19.6 Å². The second kappa shape index (κ2) is 8.93. The minimum Gasteiger partial charge on any atom is -0.466 e. The Labute approximate surface area is 155 Å². The first-order chi connectivity index (χ1) is 12.3. The lowest BCUT2D eigenvalue weighted by Gasteiger charge is -2.15. The SMILES string of the molecule is CCOC(=O)CCn1cc(-c2cc(C)nc(OCC[Si](C)(C)C)n2)cn1. The van der Waals surface area contributed by atoms with E-state index in [4.69, 9.17) is 9.47 Å². The Morgan fingerprint density at radius 1 is 1.27 bits per heavy atom. The Hall–Kier alpha value is -2.22. The topological polar surface area (TPSA) is 79.1 Å². The minimum absolute atomic E-state index is 0.222. The average molecular weight is 377 g/mol. The number of ether oxygens (including phenoxy) is 2. The highest BCUT2D eigenvalue weighted by molar-refractivity contribution is 6.76. The first-order valence-corrected chi connectivity index (χ1v) is 12.6. The fraction of sp³-hybridized carbons (Fsp3) is 0.556. The van der Waals surface area contributed by atoms with E-state index in [0.717, 1.165) is 23.0 Å². The summed E-state index contributed by atoms with van der Waals surface area (Å²) < 4.78 is 12.4. The number of rotatable bonds is 9. The van der Waals surface area contributed by atoms with Gasteiger partial charge >= 0.3 is 12.0 Å². The van der Waals surface area contributed by atoms with Crippen molar-refractivity contribution in [3.8, 4) is 17.3 Å². The van der Waals surface area contributed by atoms with Gasteiger partial charge in [0.05, 0.1) is 38.1 Å². The zero-order valence-electron chi connectivity index (χ0n) is 16.3. The van der Waals surface area contributed by atoms with E-state index < -0.39 is 8.07 Å². The second-order valence-electron chi connectivity index (χ2n) is 7.38. The van der Waals surface area contributed by atoms with Gasteiger partial charge in [0, 0.05) is 25.5 Å². The molecule has 2 aromatic rings. The molecule has 0 radical (unpaired) electrons. The number of aryl methyl sites for hydroxylation is 2. The smallest absolute Gasteiger partial charge is 0.317 e. The summed E-state index contributed by atoms with van der Waals surface area (Å²) in [6.07, 6.45) is 3.90. The van der Waals surface area contributed by atoms with Gasteiger partial charge in [-0.2, -0.15) is 10.1 Å². The third-order valence-corrected chi connectivity index (χ3v) is 5.40. The molecule has 8 heteroatoms. The fourth-order valence-electron chi connectivity index (χ4n) is 2.26. The number of esters is 1. The normalized spacial score (nSPS) is 11.4. The van der Waals surface area contributed by atoms with Gasteiger partial charge < -0.3 is 9.47 Å². The first-order valence-electron chi connectivity index (χ1n) is 8.94. The molecule has 0 fully saturated rings. The molecule has 0 aliphatic heterocycles. The number of carbonyl (C=O) groups excluding carboxylic acids is 1. The predicted octanol–water partition coefficient (Wildman–Crippen LogP) is 3.32. The molecule has 0 N–H and O–H groups in total. The standard InChI is InChI=1S/C18H28N4O3Si/c1-6-24-17(23)7-8-22-13-15(12-19-22)16-11-14(2)20-18(21-16)25-9-10-26(3,4)5/h11-13H,6-10H2,1-5H3. The van der Waals surface area contributed by atoms with Crippen molar-refractivity contribution in [2.45, 2.75) is 52.5 Å². The van der Waals surface area contributed by atoms with Crippen LogP contribution in [0.25, 0.3) is 11.3 Å². The molecule has 142 valence electrons. The summed E-state index contributed by atoms with van der Waals surface area (Å²) in [6.45, 7) is 12.1. The summed E-state index contributed by atoms with van der Waals surface area (Å²) in [6, 6.07) is 3.36. The van der Waals surface area contributed by atoms with Crippen LogP contribution in [0.5, 0.6) is 6.01 Å². The number of carbonyl (C=O) groups is 1. The van der Waals surface area contributed by atoms with Crippen molar-refractivity contribution in [2.75, 3.05) is 13.2 Å². The summed E-state index contributed by atoms with van der Waals surface area (Å²) >= 11 is 0. The largest absolute Gasteiger partial charge is 0.466 e. The van der Waals surface area contributed by atoms with Crippen LogP contribution in [0.2, 0.25) is 25.7 Å². The lowest BCUT2D eigenvalue weighted by Crippen LogP contribution is -2.22. The molecule has 26 heavy (non-hydrogen) atoms. The molecule has 0 aliphatic carbocycles. The molecular weight excluding hydrogens is 348 g/mol. The van der Waals surface area contributed by atoms with Gasteiger partial charge in [0.15, 0.2) is 0 Å². The Bertz CT molecular complexity index is 740. The first kappa shape index (κ1) is 20.1. The monoisotopic (exact) mass is 376 g/mol. The Morgan fingerprint density at radius 3 is 2.73 bits per heavy atom. The highest BCUT2D eigenvalue weighted by Gasteiger charge is 2.14. The van der Waals surface area contributed by atoms with E-state index in [9.17, 15) is 4.79 Å². The maximum Gasteiger partial charge on any atom is 0.317 e. The molecule has 7 nitrogen and oxygen atoms in total. The molecule has 0 unspecified atom stereocenters. The molecule has 0 bridgehead atoms. The highest BCUT2D eigenvalue weighted by atomic mass is 28.3. The molecule has 2 heterocycles. The molecule has 0 spiro atoms. The van der Waals surface area contributed by atoms with Crippen molar-refractivity contribution in [1.29, 1.82) is 0 Å². The van der Waals surface area contributed by atoms with E-state index in [1.807, 2.05) is 19.2 Å². The lowest BCUT2D eigenvalue weighted by atomic mass is 10.2. The Kier molecular flexibility index (Phi) is 6.90. The maximum absolute atomic E-state index is 11.5. The van der Waals surface area contributed by atoms with Gasteiger partial charge in [-0.3, -0.25) is 9.48 Å². The molecule has 0 saturated heterocycles. The number of hydrogen-bond acceptors (Lipinski definition) is 6. The quantitative estimate of drug-likeness (QED) is 0.493. The fourth-order valence-corrected chi connectivity index (χ4v) is 2.97. The average Bonchev–Trinajstić information content (AvgIpc) is 3.00. The molecule has 2 aromatic heterocycles. The molecule has 0 aliphatic rings. The van der Waals surface area contributed by atoms with Crippen molar-refractivity contribution in [3.05, 3.63) is 24.2 Å². The van der Waals surface area contributed by atoms with Gasteiger partial charge in [0.25, 0.3) is 0 Å². The van der Waals surface area contributed by atoms with Crippen molar-refractivity contribution in [2.24, 2.45) is 0 Å². The van der Waals surface area contributed by atoms with Crippen LogP contribution >= 0.6 is 0 Å². The van der Waals surface area contributed by atoms with Crippen molar-refractivity contribution in [1.82, 2.24) is 19.7 Å². The van der Waals surface area contributed by atoms with E-state index in [2.05, 4.69) is 34.7 Å². The van der Waals surface area contributed by atoms with E-state index in [1.165, 1.54) is 0 Å². The van der Waals surface area contributed by atoms with Crippen LogP contribution in [-0.4, -0.2) is 47.0 Å². The Morgan fingerprint density at radius 2 is 2.04 bits per heavy atom. The second-order valence-corrected chi connectivity index (χ2v) is 13.0. The van der Waals surface area contributed by atoms with Gasteiger partial charge in [-0.15, -0.1) is 0 Å². The van der Waals surface area contributed by atoms with Gasteiger partial charge in [-0.05, 0) is 26.0 Å². The summed E-state index contributed by atoms with van der Waals surface area (Å²) in [5.41, 5.74) is 2.48. The zero-order valence-corrected chi connectivity index (χ0v) is 17.3. The summed E-state index contributed by atoms with van der Waals surface area (Å²) in [5, 5.41) is 4.29. The molecule has 0 atom stereocenters. The summed E-state index contributed by atoms with van der Waals surface area (Å²) in [5.74, 6) is -0.222. The summed E-state index contributed by atoms with van der Waals surface area (Å²) in [7, 11) is -1.16. The molecule has 0 amide bonds. The van der Waals surface area contributed by atoms with Gasteiger partial charge in [0.2, 0.25) is 0 Å². The predicted molar refractivity (Wildman–Crippen MR) is 103 cm³/mol. The number of nitrogens with zero attached hydrogens (tertiary/aromatic N) is 4. The van der Waals surface area contributed by atoms with Gasteiger partial charge in [0.1, 0.15) is 0 Å². The van der Waals surface area contributed by atoms with Crippen LogP contribution in [0.4, 0.5) is 0 Å². The van der Waals surface area contributed by atoms with E-state index >= 15 is 0 Å². The molecule has 0 aromatic carbocycles. The van der Waals surface area contributed by atoms with Crippen molar-refractivity contribution >= 4 is 14.0 Å². The number of aromatic nitrogens is 4. The van der Waals surface area contributed by atoms with Crippen LogP contribution in [0.3, 0.4) is 0 Å². The minimum atomic E-state index is -1.16. The van der Waals surface area contributed by atoms with E-state index in [-0.39, 0.29) is 5.97 Å². The van der Waals surface area contributed by atoms with Gasteiger partial charge in [-0.25, -0.2) is 4.98 Å². The van der Waals surface area contributed by atoms with Crippen LogP contribution in [0, 0.1) is 6.92 Å². The Balaban J connectivity index is 2.03. The van der Waals surface area contributed by atoms with Crippen LogP contribution in [-0.2, 0) is 16.1 Å². The van der Waals surface area contributed by atoms with Crippen LogP contribution < -0.4 is 4.74 Å². The molecule has 2 rings (SSSR count). The van der Waals surface area contributed by atoms with Crippen molar-refractivity contribution < 1.29 is 14.3 Å². The van der Waals surface area contributed by atoms with Crippen LogP contribution in [0.15, 0.2) is 18.5 Å². The molecule has 0 saturated carbocycles. The van der Waals surface area contributed by atoms with E-state index in [0.29, 0.717) is 32.2 Å². The maximum atomic E-state index is 11.5. The lowest BCUT2D eigenvalue weighted by molar-refractivity contribution is -0.143.